The third-order valence-corrected chi connectivity index (χ3v) is 7.85. The standard InChI is InChI=1S/C26H21Cl3N2O3S/c1-18-2-12-25(13-3-18)35(32,33)31(16-19-4-5-21(28)14-26(19)29)17-24-11-10-23(34-24)15-30-22-8-6-20(27)7-9-22/h2-15H,16-17H2,1H3. The molecule has 9 heteroatoms. The average Bonchev–Trinajstić information content (AvgIpc) is 3.27. The molecule has 4 rings (SSSR count). The van der Waals surface area contributed by atoms with Crippen molar-refractivity contribution in [2.75, 3.05) is 0 Å². The van der Waals surface area contributed by atoms with Crippen LogP contribution >= 0.6 is 34.8 Å². The topological polar surface area (TPSA) is 62.9 Å². The lowest BCUT2D eigenvalue weighted by atomic mass is 10.2. The van der Waals surface area contributed by atoms with E-state index in [4.69, 9.17) is 39.2 Å². The highest BCUT2D eigenvalue weighted by molar-refractivity contribution is 7.89. The van der Waals surface area contributed by atoms with E-state index in [2.05, 4.69) is 4.99 Å². The van der Waals surface area contributed by atoms with E-state index in [1.54, 1.807) is 85.1 Å². The molecule has 180 valence electrons. The molecule has 1 aromatic heterocycles. The van der Waals surface area contributed by atoms with Crippen LogP contribution in [0.5, 0.6) is 0 Å². The highest BCUT2D eigenvalue weighted by Gasteiger charge is 2.26. The number of rotatable bonds is 8. The molecule has 0 fully saturated rings. The quantitative estimate of drug-likeness (QED) is 0.212. The maximum atomic E-state index is 13.6. The Hall–Kier alpha value is -2.61. The zero-order chi connectivity index (χ0) is 25.0. The third kappa shape index (κ3) is 6.54. The summed E-state index contributed by atoms with van der Waals surface area (Å²) < 4.78 is 34.3. The molecule has 5 nitrogen and oxygen atoms in total. The van der Waals surface area contributed by atoms with Gasteiger partial charge in [0.05, 0.1) is 23.3 Å². The van der Waals surface area contributed by atoms with Crippen molar-refractivity contribution >= 4 is 56.7 Å². The minimum Gasteiger partial charge on any atom is -0.459 e. The molecule has 0 atom stereocenters. The number of aryl methyl sites for hydroxylation is 1. The minimum absolute atomic E-state index is 0.00392. The second kappa shape index (κ2) is 11.0. The van der Waals surface area contributed by atoms with Crippen LogP contribution in [0.4, 0.5) is 5.69 Å². The molecule has 0 N–H and O–H groups in total. The van der Waals surface area contributed by atoms with Crippen LogP contribution in [0.1, 0.15) is 22.6 Å². The summed E-state index contributed by atoms with van der Waals surface area (Å²) in [4.78, 5) is 4.55. The van der Waals surface area contributed by atoms with E-state index in [-0.39, 0.29) is 18.0 Å². The number of aliphatic imine (C=N–C) groups is 1. The van der Waals surface area contributed by atoms with Crippen LogP contribution in [0.3, 0.4) is 0 Å². The smallest absolute Gasteiger partial charge is 0.243 e. The number of hydrogen-bond acceptors (Lipinski definition) is 4. The lowest BCUT2D eigenvalue weighted by molar-refractivity contribution is 0.357. The lowest BCUT2D eigenvalue weighted by Crippen LogP contribution is -2.30. The molecule has 0 aliphatic carbocycles. The number of benzene rings is 3. The van der Waals surface area contributed by atoms with Crippen LogP contribution in [0.2, 0.25) is 15.1 Å². The Morgan fingerprint density at radius 1 is 0.857 bits per heavy atom. The summed E-state index contributed by atoms with van der Waals surface area (Å²) in [6.07, 6.45) is 1.57. The average molecular weight is 548 g/mol. The minimum atomic E-state index is -3.86. The lowest BCUT2D eigenvalue weighted by Gasteiger charge is -2.22. The zero-order valence-corrected chi connectivity index (χ0v) is 21.7. The Labute approximate surface area is 219 Å². The van der Waals surface area contributed by atoms with Crippen LogP contribution in [0.15, 0.2) is 93.2 Å². The maximum Gasteiger partial charge on any atom is 0.243 e. The van der Waals surface area contributed by atoms with Crippen LogP contribution in [-0.4, -0.2) is 18.9 Å². The largest absolute Gasteiger partial charge is 0.459 e. The Morgan fingerprint density at radius 3 is 2.23 bits per heavy atom. The molecule has 0 saturated carbocycles. The van der Waals surface area contributed by atoms with Gasteiger partial charge in [0.15, 0.2) is 0 Å². The fourth-order valence-electron chi connectivity index (χ4n) is 3.31. The summed E-state index contributed by atoms with van der Waals surface area (Å²) in [5, 5.41) is 1.49. The molecular weight excluding hydrogens is 527 g/mol. The first kappa shape index (κ1) is 25.5. The van der Waals surface area contributed by atoms with Gasteiger partial charge in [0.1, 0.15) is 11.5 Å². The first-order valence-electron chi connectivity index (χ1n) is 10.6. The highest BCUT2D eigenvalue weighted by atomic mass is 35.5. The van der Waals surface area contributed by atoms with Gasteiger partial charge in [-0.15, -0.1) is 0 Å². The van der Waals surface area contributed by atoms with Gasteiger partial charge in [0, 0.05) is 21.6 Å². The van der Waals surface area contributed by atoms with Crippen molar-refractivity contribution in [1.82, 2.24) is 4.31 Å². The first-order valence-corrected chi connectivity index (χ1v) is 13.2. The highest BCUT2D eigenvalue weighted by Crippen LogP contribution is 2.27. The van der Waals surface area contributed by atoms with Crippen molar-refractivity contribution in [2.24, 2.45) is 4.99 Å². The van der Waals surface area contributed by atoms with Gasteiger partial charge in [-0.25, -0.2) is 8.42 Å². The molecule has 0 aliphatic heterocycles. The van der Waals surface area contributed by atoms with E-state index < -0.39 is 10.0 Å². The number of halogens is 3. The molecule has 1 heterocycles. The second-order valence-electron chi connectivity index (χ2n) is 7.86. The van der Waals surface area contributed by atoms with Crippen LogP contribution in [0.25, 0.3) is 0 Å². The van der Waals surface area contributed by atoms with Gasteiger partial charge in [-0.3, -0.25) is 4.99 Å². The summed E-state index contributed by atoms with van der Waals surface area (Å²) in [6, 6.07) is 22.2. The predicted molar refractivity (Wildman–Crippen MR) is 141 cm³/mol. The van der Waals surface area contributed by atoms with Gasteiger partial charge in [-0.1, -0.05) is 58.6 Å². The molecule has 0 amide bonds. The van der Waals surface area contributed by atoms with E-state index in [1.807, 2.05) is 6.92 Å². The summed E-state index contributed by atoms with van der Waals surface area (Å²) in [7, 11) is -3.86. The van der Waals surface area contributed by atoms with Crippen molar-refractivity contribution in [3.8, 4) is 0 Å². The normalized spacial score (nSPS) is 12.0. The van der Waals surface area contributed by atoms with Gasteiger partial charge < -0.3 is 4.42 Å². The van der Waals surface area contributed by atoms with Crippen molar-refractivity contribution in [1.29, 1.82) is 0 Å². The zero-order valence-electron chi connectivity index (χ0n) is 18.7. The molecule has 35 heavy (non-hydrogen) atoms. The molecule has 0 spiro atoms. The third-order valence-electron chi connectivity index (χ3n) is 5.20. The second-order valence-corrected chi connectivity index (χ2v) is 11.1. The van der Waals surface area contributed by atoms with Crippen molar-refractivity contribution < 1.29 is 12.8 Å². The number of sulfonamides is 1. The van der Waals surface area contributed by atoms with Crippen molar-refractivity contribution in [3.05, 3.63) is 117 Å². The van der Waals surface area contributed by atoms with Gasteiger partial charge >= 0.3 is 0 Å². The summed E-state index contributed by atoms with van der Waals surface area (Å²) in [6.45, 7) is 1.95. The van der Waals surface area contributed by atoms with Crippen LogP contribution < -0.4 is 0 Å². The van der Waals surface area contributed by atoms with Crippen LogP contribution in [-0.2, 0) is 23.1 Å². The number of nitrogens with zero attached hydrogens (tertiary/aromatic N) is 2. The van der Waals surface area contributed by atoms with E-state index in [0.29, 0.717) is 37.8 Å². The van der Waals surface area contributed by atoms with E-state index in [0.717, 1.165) is 5.56 Å². The number of furan rings is 1. The predicted octanol–water partition coefficient (Wildman–Crippen LogP) is 7.69. The van der Waals surface area contributed by atoms with Gasteiger partial charge in [0.2, 0.25) is 10.0 Å². The fourth-order valence-corrected chi connectivity index (χ4v) is 5.29. The Kier molecular flexibility index (Phi) is 7.99. The van der Waals surface area contributed by atoms with Gasteiger partial charge in [-0.2, -0.15) is 4.31 Å². The van der Waals surface area contributed by atoms with Crippen LogP contribution in [0, 0.1) is 6.92 Å². The summed E-state index contributed by atoms with van der Waals surface area (Å²) in [5.41, 5.74) is 2.31. The van der Waals surface area contributed by atoms with Crippen molar-refractivity contribution in [3.63, 3.8) is 0 Å². The molecule has 0 unspecified atom stereocenters. The van der Waals surface area contributed by atoms with E-state index >= 15 is 0 Å². The number of hydrogen-bond donors (Lipinski definition) is 0. The molecule has 0 bridgehead atoms. The Morgan fingerprint density at radius 2 is 1.54 bits per heavy atom. The van der Waals surface area contributed by atoms with E-state index in [9.17, 15) is 8.42 Å². The molecule has 3 aromatic carbocycles. The van der Waals surface area contributed by atoms with Gasteiger partial charge in [0.25, 0.3) is 0 Å². The molecule has 0 saturated heterocycles. The molecule has 4 aromatic rings. The SMILES string of the molecule is Cc1ccc(S(=O)(=O)N(Cc2ccc(C=Nc3ccc(Cl)cc3)o2)Cc2ccc(Cl)cc2Cl)cc1. The Bertz CT molecular complexity index is 1450. The maximum absolute atomic E-state index is 13.6. The van der Waals surface area contributed by atoms with E-state index in [1.165, 1.54) is 4.31 Å². The molecule has 0 aliphatic rings. The fraction of sp³-hybridized carbons (Fsp3) is 0.115. The monoisotopic (exact) mass is 546 g/mol. The van der Waals surface area contributed by atoms with Gasteiger partial charge in [-0.05, 0) is 73.2 Å². The first-order chi connectivity index (χ1) is 16.7. The Balaban J connectivity index is 1.61. The molecule has 0 radical (unpaired) electrons. The molecular formula is C26H21Cl3N2O3S. The summed E-state index contributed by atoms with van der Waals surface area (Å²) in [5.74, 6) is 0.954. The van der Waals surface area contributed by atoms with Crippen molar-refractivity contribution in [2.45, 2.75) is 24.9 Å². The summed E-state index contributed by atoms with van der Waals surface area (Å²) >= 11 is 18.3.